The monoisotopic (exact) mass is 336 g/mol. The minimum Gasteiger partial charge on any atom is -0.247 e. The fourth-order valence-electron chi connectivity index (χ4n) is 2.15. The minimum atomic E-state index is -3.81. The molecule has 8 heteroatoms. The van der Waals surface area contributed by atoms with E-state index in [1.165, 1.54) is 41.0 Å². The maximum absolute atomic E-state index is 12.8. The molecule has 2 aromatic rings. The number of hydrogen-bond acceptors (Lipinski definition) is 6. The first kappa shape index (κ1) is 16.5. The average molecular weight is 336 g/mol. The zero-order valence-electron chi connectivity index (χ0n) is 12.7. The maximum Gasteiger partial charge on any atom is 0.246 e. The lowest BCUT2D eigenvalue weighted by molar-refractivity contribution is 0.401. The topological polar surface area (TPSA) is 87.0 Å². The standard InChI is InChI=1S/C14H16N4O2S2/c1-9-14(21-11(3)17-9)10(2)18(4)22(19,20)13-6-5-7-16-12(13)8-15/h5-7,10H,1-4H3. The second-order valence-electron chi connectivity index (χ2n) is 4.84. The lowest BCUT2D eigenvalue weighted by Crippen LogP contribution is -2.30. The normalized spacial score (nSPS) is 13.1. The summed E-state index contributed by atoms with van der Waals surface area (Å²) >= 11 is 1.47. The molecule has 0 amide bonds. The summed E-state index contributed by atoms with van der Waals surface area (Å²) in [6, 6.07) is 4.36. The van der Waals surface area contributed by atoms with Crippen LogP contribution in [0.1, 0.15) is 34.2 Å². The second kappa shape index (κ2) is 6.12. The van der Waals surface area contributed by atoms with Crippen molar-refractivity contribution in [2.45, 2.75) is 31.7 Å². The van der Waals surface area contributed by atoms with E-state index in [0.29, 0.717) is 0 Å². The van der Waals surface area contributed by atoms with Crippen LogP contribution in [0.2, 0.25) is 0 Å². The first-order chi connectivity index (χ1) is 10.3. The fraction of sp³-hybridized carbons (Fsp3) is 0.357. The Bertz CT molecular complexity index is 837. The third kappa shape index (κ3) is 2.88. The van der Waals surface area contributed by atoms with Crippen LogP contribution in [0, 0.1) is 25.2 Å². The van der Waals surface area contributed by atoms with Crippen molar-refractivity contribution in [3.05, 3.63) is 39.6 Å². The number of nitriles is 1. The first-order valence-electron chi connectivity index (χ1n) is 6.56. The Morgan fingerprint density at radius 2 is 2.09 bits per heavy atom. The van der Waals surface area contributed by atoms with Crippen molar-refractivity contribution in [1.29, 1.82) is 5.26 Å². The smallest absolute Gasteiger partial charge is 0.246 e. The van der Waals surface area contributed by atoms with Gasteiger partial charge >= 0.3 is 0 Å². The largest absolute Gasteiger partial charge is 0.247 e. The summed E-state index contributed by atoms with van der Waals surface area (Å²) in [7, 11) is -2.31. The molecule has 0 fully saturated rings. The van der Waals surface area contributed by atoms with Crippen molar-refractivity contribution in [2.24, 2.45) is 0 Å². The van der Waals surface area contributed by atoms with Gasteiger partial charge in [-0.2, -0.15) is 9.57 Å². The highest BCUT2D eigenvalue weighted by atomic mass is 32.2. The molecule has 2 rings (SSSR count). The van der Waals surface area contributed by atoms with Gasteiger partial charge in [-0.25, -0.2) is 18.4 Å². The number of aromatic nitrogens is 2. The lowest BCUT2D eigenvalue weighted by Gasteiger charge is -2.24. The zero-order valence-corrected chi connectivity index (χ0v) is 14.4. The van der Waals surface area contributed by atoms with Gasteiger partial charge in [-0.05, 0) is 32.9 Å². The maximum atomic E-state index is 12.8. The Kier molecular flexibility index (Phi) is 4.60. The van der Waals surface area contributed by atoms with Gasteiger partial charge in [-0.3, -0.25) is 0 Å². The quantitative estimate of drug-likeness (QED) is 0.855. The summed E-state index contributed by atoms with van der Waals surface area (Å²) < 4.78 is 26.8. The van der Waals surface area contributed by atoms with Gasteiger partial charge in [0.1, 0.15) is 11.0 Å². The van der Waals surface area contributed by atoms with E-state index in [2.05, 4.69) is 9.97 Å². The van der Waals surface area contributed by atoms with Gasteiger partial charge in [0.05, 0.1) is 16.7 Å². The predicted octanol–water partition coefficient (Wildman–Crippen LogP) is 2.41. The molecule has 22 heavy (non-hydrogen) atoms. The van der Waals surface area contributed by atoms with Crippen LogP contribution in [-0.4, -0.2) is 29.7 Å². The van der Waals surface area contributed by atoms with Crippen LogP contribution in [0.3, 0.4) is 0 Å². The number of pyridine rings is 1. The van der Waals surface area contributed by atoms with Crippen molar-refractivity contribution >= 4 is 21.4 Å². The predicted molar refractivity (Wildman–Crippen MR) is 83.9 cm³/mol. The number of hydrogen-bond donors (Lipinski definition) is 0. The Morgan fingerprint density at radius 1 is 1.41 bits per heavy atom. The lowest BCUT2D eigenvalue weighted by atomic mass is 10.2. The Hall–Kier alpha value is -1.82. The number of sulfonamides is 1. The molecule has 0 aliphatic rings. The number of nitrogens with zero attached hydrogens (tertiary/aromatic N) is 4. The summed E-state index contributed by atoms with van der Waals surface area (Å²) in [5.41, 5.74) is 0.725. The van der Waals surface area contributed by atoms with E-state index in [4.69, 9.17) is 5.26 Å². The highest BCUT2D eigenvalue weighted by Crippen LogP contribution is 2.32. The van der Waals surface area contributed by atoms with E-state index in [0.717, 1.165) is 15.6 Å². The Labute approximate surface area is 134 Å². The molecule has 0 bridgehead atoms. The summed E-state index contributed by atoms with van der Waals surface area (Å²) in [5, 5.41) is 9.96. The van der Waals surface area contributed by atoms with Gasteiger partial charge in [-0.15, -0.1) is 11.3 Å². The van der Waals surface area contributed by atoms with Gasteiger partial charge in [0.25, 0.3) is 0 Å². The molecule has 116 valence electrons. The molecule has 0 aromatic carbocycles. The molecule has 6 nitrogen and oxygen atoms in total. The minimum absolute atomic E-state index is 0.0780. The van der Waals surface area contributed by atoms with Crippen LogP contribution in [0.5, 0.6) is 0 Å². The molecule has 0 aliphatic carbocycles. The van der Waals surface area contributed by atoms with Crippen molar-refractivity contribution in [3.63, 3.8) is 0 Å². The van der Waals surface area contributed by atoms with Crippen LogP contribution in [0.25, 0.3) is 0 Å². The summed E-state index contributed by atoms with van der Waals surface area (Å²) in [6.07, 6.45) is 1.40. The van der Waals surface area contributed by atoms with Crippen LogP contribution in [0.15, 0.2) is 23.2 Å². The first-order valence-corrected chi connectivity index (χ1v) is 8.81. The van der Waals surface area contributed by atoms with Gasteiger partial charge in [0.2, 0.25) is 10.0 Å². The van der Waals surface area contributed by atoms with E-state index in [1.807, 2.05) is 19.9 Å². The molecule has 0 aliphatic heterocycles. The molecule has 0 radical (unpaired) electrons. The van der Waals surface area contributed by atoms with Crippen LogP contribution in [-0.2, 0) is 10.0 Å². The summed E-state index contributed by atoms with van der Waals surface area (Å²) in [6.45, 7) is 5.55. The number of thiazole rings is 1. The van der Waals surface area contributed by atoms with E-state index >= 15 is 0 Å². The van der Waals surface area contributed by atoms with Gasteiger partial charge in [-0.1, -0.05) is 0 Å². The molecule has 0 saturated heterocycles. The highest BCUT2D eigenvalue weighted by Gasteiger charge is 2.30. The summed E-state index contributed by atoms with van der Waals surface area (Å²) in [4.78, 5) is 8.97. The fourth-order valence-corrected chi connectivity index (χ4v) is 4.66. The van der Waals surface area contributed by atoms with Crippen LogP contribution < -0.4 is 0 Å². The van der Waals surface area contributed by atoms with E-state index in [-0.39, 0.29) is 16.6 Å². The second-order valence-corrected chi connectivity index (χ2v) is 8.04. The van der Waals surface area contributed by atoms with Gasteiger partial charge in [0, 0.05) is 18.1 Å². The molecule has 1 atom stereocenters. The number of aryl methyl sites for hydroxylation is 2. The van der Waals surface area contributed by atoms with E-state index in [9.17, 15) is 8.42 Å². The third-order valence-electron chi connectivity index (χ3n) is 3.40. The molecular formula is C14H16N4O2S2. The molecule has 2 heterocycles. The van der Waals surface area contributed by atoms with Crippen molar-refractivity contribution in [3.8, 4) is 6.07 Å². The molecular weight excluding hydrogens is 320 g/mol. The SMILES string of the molecule is Cc1nc(C)c(C(C)N(C)S(=O)(=O)c2cccnc2C#N)s1. The molecule has 2 aromatic heterocycles. The molecule has 1 unspecified atom stereocenters. The van der Waals surface area contributed by atoms with Crippen LogP contribution in [0.4, 0.5) is 0 Å². The highest BCUT2D eigenvalue weighted by molar-refractivity contribution is 7.89. The Balaban J connectivity index is 2.45. The van der Waals surface area contributed by atoms with E-state index in [1.54, 1.807) is 6.92 Å². The molecule has 0 N–H and O–H groups in total. The Morgan fingerprint density at radius 3 is 2.64 bits per heavy atom. The van der Waals surface area contributed by atoms with Crippen LogP contribution >= 0.6 is 11.3 Å². The van der Waals surface area contributed by atoms with Crippen molar-refractivity contribution in [2.75, 3.05) is 7.05 Å². The molecule has 0 spiro atoms. The number of rotatable bonds is 4. The average Bonchev–Trinajstić information content (AvgIpc) is 2.84. The molecule has 0 saturated carbocycles. The third-order valence-corrected chi connectivity index (χ3v) is 6.60. The summed E-state index contributed by atoms with van der Waals surface area (Å²) in [5.74, 6) is 0. The van der Waals surface area contributed by atoms with Gasteiger partial charge < -0.3 is 0 Å². The zero-order chi connectivity index (χ0) is 16.5. The van der Waals surface area contributed by atoms with Crippen molar-refractivity contribution in [1.82, 2.24) is 14.3 Å². The van der Waals surface area contributed by atoms with Crippen molar-refractivity contribution < 1.29 is 8.42 Å². The van der Waals surface area contributed by atoms with Gasteiger partial charge in [0.15, 0.2) is 5.69 Å². The van der Waals surface area contributed by atoms with E-state index < -0.39 is 10.0 Å².